The molecular formula is C16H17BrN4O2S. The lowest BCUT2D eigenvalue weighted by atomic mass is 10.1. The summed E-state index contributed by atoms with van der Waals surface area (Å²) in [6.45, 7) is 6.13. The second kappa shape index (κ2) is 7.73. The van der Waals surface area contributed by atoms with Gasteiger partial charge in [-0.25, -0.2) is 4.68 Å². The van der Waals surface area contributed by atoms with Crippen molar-refractivity contribution in [2.75, 3.05) is 6.54 Å². The molecule has 126 valence electrons. The number of rotatable bonds is 5. The van der Waals surface area contributed by atoms with Gasteiger partial charge in [0.2, 0.25) is 5.91 Å². The largest absolute Gasteiger partial charge is 0.336 e. The Morgan fingerprint density at radius 1 is 1.46 bits per heavy atom. The van der Waals surface area contributed by atoms with Gasteiger partial charge in [-0.3, -0.25) is 9.59 Å². The van der Waals surface area contributed by atoms with Crippen LogP contribution in [0.5, 0.6) is 0 Å². The summed E-state index contributed by atoms with van der Waals surface area (Å²) < 4.78 is 2.09. The lowest BCUT2D eigenvalue weighted by Gasteiger charge is -2.20. The molecule has 0 aliphatic carbocycles. The van der Waals surface area contributed by atoms with Crippen molar-refractivity contribution in [1.82, 2.24) is 14.7 Å². The lowest BCUT2D eigenvalue weighted by molar-refractivity contribution is -0.132. The van der Waals surface area contributed by atoms with E-state index < -0.39 is 5.56 Å². The first-order valence-corrected chi connectivity index (χ1v) is 8.98. The van der Waals surface area contributed by atoms with Gasteiger partial charge in [-0.15, -0.1) is 11.3 Å². The Balaban J connectivity index is 2.23. The van der Waals surface area contributed by atoms with Crippen LogP contribution >= 0.6 is 27.3 Å². The fraction of sp³-hybridized carbons (Fsp3) is 0.375. The first-order valence-electron chi connectivity index (χ1n) is 7.37. The number of thiophene rings is 1. The van der Waals surface area contributed by atoms with Crippen LogP contribution in [-0.2, 0) is 17.9 Å². The highest BCUT2D eigenvalue weighted by molar-refractivity contribution is 9.11. The molecular weight excluding hydrogens is 392 g/mol. The first kappa shape index (κ1) is 18.4. The molecule has 0 saturated heterocycles. The van der Waals surface area contributed by atoms with E-state index in [1.54, 1.807) is 30.1 Å². The zero-order valence-corrected chi connectivity index (χ0v) is 16.1. The molecule has 2 aromatic heterocycles. The minimum atomic E-state index is -0.524. The number of likely N-dealkylation sites (N-methyl/N-ethyl adjacent to an activating group) is 1. The fourth-order valence-corrected chi connectivity index (χ4v) is 3.74. The van der Waals surface area contributed by atoms with Gasteiger partial charge in [0.15, 0.2) is 0 Å². The molecule has 1 amide bonds. The normalized spacial score (nSPS) is 10.5. The number of nitrogens with zero attached hydrogens (tertiary/aromatic N) is 4. The number of halogens is 1. The van der Waals surface area contributed by atoms with E-state index in [2.05, 4.69) is 21.0 Å². The Bertz CT molecular complexity index is 866. The van der Waals surface area contributed by atoms with Crippen molar-refractivity contribution < 1.29 is 4.79 Å². The molecule has 2 aromatic rings. The van der Waals surface area contributed by atoms with Crippen LogP contribution in [0.1, 0.15) is 28.6 Å². The van der Waals surface area contributed by atoms with E-state index in [-0.39, 0.29) is 18.0 Å². The van der Waals surface area contributed by atoms with E-state index >= 15 is 0 Å². The highest BCUT2D eigenvalue weighted by atomic mass is 79.9. The number of aryl methyl sites for hydroxylation is 1. The predicted octanol–water partition coefficient (Wildman–Crippen LogP) is 2.60. The van der Waals surface area contributed by atoms with E-state index in [9.17, 15) is 9.59 Å². The number of hydrogen-bond acceptors (Lipinski definition) is 5. The van der Waals surface area contributed by atoms with Gasteiger partial charge in [0.05, 0.1) is 16.0 Å². The number of carbonyl (C=O) groups is 1. The third-order valence-corrected chi connectivity index (χ3v) is 5.35. The van der Waals surface area contributed by atoms with Gasteiger partial charge in [-0.2, -0.15) is 10.4 Å². The van der Waals surface area contributed by atoms with Crippen LogP contribution in [-0.4, -0.2) is 27.1 Å². The Labute approximate surface area is 152 Å². The highest BCUT2D eigenvalue weighted by Gasteiger charge is 2.18. The maximum absolute atomic E-state index is 12.5. The van der Waals surface area contributed by atoms with E-state index in [1.807, 2.05) is 25.1 Å². The zero-order chi connectivity index (χ0) is 17.9. The average molecular weight is 409 g/mol. The number of nitriles is 1. The third-order valence-electron chi connectivity index (χ3n) is 3.74. The zero-order valence-electron chi connectivity index (χ0n) is 13.7. The molecule has 0 atom stereocenters. The summed E-state index contributed by atoms with van der Waals surface area (Å²) in [6, 6.07) is 5.80. The van der Waals surface area contributed by atoms with Gasteiger partial charge >= 0.3 is 0 Å². The molecule has 6 nitrogen and oxygen atoms in total. The van der Waals surface area contributed by atoms with Crippen LogP contribution in [0.4, 0.5) is 0 Å². The number of amides is 1. The molecule has 0 aliphatic rings. The summed E-state index contributed by atoms with van der Waals surface area (Å²) in [4.78, 5) is 27.5. The Hall–Kier alpha value is -1.98. The van der Waals surface area contributed by atoms with E-state index in [0.29, 0.717) is 24.3 Å². The van der Waals surface area contributed by atoms with Crippen LogP contribution in [0.3, 0.4) is 0 Å². The molecule has 2 rings (SSSR count). The molecule has 0 spiro atoms. The van der Waals surface area contributed by atoms with Crippen LogP contribution in [0, 0.1) is 25.2 Å². The summed E-state index contributed by atoms with van der Waals surface area (Å²) in [5.74, 6) is -0.205. The second-order valence-corrected chi connectivity index (χ2v) is 7.82. The van der Waals surface area contributed by atoms with E-state index in [1.165, 1.54) is 0 Å². The Morgan fingerprint density at radius 2 is 2.17 bits per heavy atom. The quantitative estimate of drug-likeness (QED) is 0.761. The molecule has 0 radical (unpaired) electrons. The minimum Gasteiger partial charge on any atom is -0.336 e. The summed E-state index contributed by atoms with van der Waals surface area (Å²) in [7, 11) is 0. The predicted molar refractivity (Wildman–Crippen MR) is 95.8 cm³/mol. The monoisotopic (exact) mass is 408 g/mol. The van der Waals surface area contributed by atoms with Gasteiger partial charge in [-0.05, 0) is 54.4 Å². The third kappa shape index (κ3) is 3.91. The molecule has 0 bridgehead atoms. The van der Waals surface area contributed by atoms with Crippen LogP contribution in [0.2, 0.25) is 0 Å². The summed E-state index contributed by atoms with van der Waals surface area (Å²) in [6.07, 6.45) is 0. The van der Waals surface area contributed by atoms with E-state index in [4.69, 9.17) is 5.26 Å². The van der Waals surface area contributed by atoms with Crippen LogP contribution < -0.4 is 5.56 Å². The number of hydrogen-bond donors (Lipinski definition) is 0. The molecule has 0 fully saturated rings. The number of carbonyl (C=O) groups excluding carboxylic acids is 1. The SMILES string of the molecule is CCN(Cc1ccc(Br)s1)C(=O)Cn1nc(C)c(C)c(C#N)c1=O. The maximum Gasteiger partial charge on any atom is 0.285 e. The first-order chi connectivity index (χ1) is 11.4. The standard InChI is InChI=1S/C16H17BrN4O2S/c1-4-20(8-12-5-6-14(17)24-12)15(22)9-21-16(23)13(7-18)10(2)11(3)19-21/h5-6H,4,8-9H2,1-3H3. The Morgan fingerprint density at radius 3 is 2.71 bits per heavy atom. The second-order valence-electron chi connectivity index (χ2n) is 5.27. The maximum atomic E-state index is 12.5. The van der Waals surface area contributed by atoms with Crippen molar-refractivity contribution in [3.05, 3.63) is 48.0 Å². The van der Waals surface area contributed by atoms with Crippen molar-refractivity contribution in [2.24, 2.45) is 0 Å². The average Bonchev–Trinajstić information content (AvgIpc) is 2.96. The Kier molecular flexibility index (Phi) is 5.91. The summed E-state index contributed by atoms with van der Waals surface area (Å²) in [5, 5.41) is 13.3. The molecule has 0 aliphatic heterocycles. The molecule has 8 heteroatoms. The van der Waals surface area contributed by atoms with Gasteiger partial charge in [0.1, 0.15) is 18.2 Å². The van der Waals surface area contributed by atoms with Crippen molar-refractivity contribution in [3.8, 4) is 6.07 Å². The van der Waals surface area contributed by atoms with Gasteiger partial charge < -0.3 is 4.90 Å². The van der Waals surface area contributed by atoms with Crippen molar-refractivity contribution >= 4 is 33.2 Å². The van der Waals surface area contributed by atoms with Gasteiger partial charge in [-0.1, -0.05) is 0 Å². The summed E-state index contributed by atoms with van der Waals surface area (Å²) in [5.41, 5.74) is 0.649. The molecule has 24 heavy (non-hydrogen) atoms. The molecule has 0 aromatic carbocycles. The topological polar surface area (TPSA) is 79.0 Å². The molecule has 0 unspecified atom stereocenters. The minimum absolute atomic E-state index is 0.0422. The molecule has 2 heterocycles. The van der Waals surface area contributed by atoms with E-state index in [0.717, 1.165) is 13.3 Å². The van der Waals surface area contributed by atoms with Crippen molar-refractivity contribution in [3.63, 3.8) is 0 Å². The molecule has 0 N–H and O–H groups in total. The smallest absolute Gasteiger partial charge is 0.285 e. The molecule has 0 saturated carbocycles. The van der Waals surface area contributed by atoms with Crippen LogP contribution in [0.15, 0.2) is 20.7 Å². The van der Waals surface area contributed by atoms with Crippen LogP contribution in [0.25, 0.3) is 0 Å². The fourth-order valence-electron chi connectivity index (χ4n) is 2.24. The van der Waals surface area contributed by atoms with Crippen molar-refractivity contribution in [2.45, 2.75) is 33.9 Å². The van der Waals surface area contributed by atoms with Gasteiger partial charge in [0.25, 0.3) is 5.56 Å². The van der Waals surface area contributed by atoms with Crippen molar-refractivity contribution in [1.29, 1.82) is 5.26 Å². The lowest BCUT2D eigenvalue weighted by Crippen LogP contribution is -2.38. The number of aromatic nitrogens is 2. The summed E-state index contributed by atoms with van der Waals surface area (Å²) >= 11 is 4.97. The van der Waals surface area contributed by atoms with Gasteiger partial charge in [0, 0.05) is 11.4 Å². The highest BCUT2D eigenvalue weighted by Crippen LogP contribution is 2.23.